The Morgan fingerprint density at radius 1 is 1.48 bits per heavy atom. The molecule has 0 aliphatic carbocycles. The maximum Gasteiger partial charge on any atom is 0.170 e. The Labute approximate surface area is 146 Å². The zero-order chi connectivity index (χ0) is 16.1. The van der Waals surface area contributed by atoms with E-state index < -0.39 is 0 Å². The zero-order valence-corrected chi connectivity index (χ0v) is 14.2. The second kappa shape index (κ2) is 7.77. The van der Waals surface area contributed by atoms with Crippen molar-refractivity contribution >= 4 is 34.6 Å². The van der Waals surface area contributed by atoms with Gasteiger partial charge in [0.2, 0.25) is 0 Å². The summed E-state index contributed by atoms with van der Waals surface area (Å²) in [4.78, 5) is 0. The van der Waals surface area contributed by atoms with E-state index in [9.17, 15) is 0 Å². The van der Waals surface area contributed by atoms with Gasteiger partial charge < -0.3 is 15.4 Å². The van der Waals surface area contributed by atoms with Crippen LogP contribution in [0, 0.1) is 0 Å². The van der Waals surface area contributed by atoms with Crippen molar-refractivity contribution < 1.29 is 4.74 Å². The molecule has 2 aromatic rings. The molecule has 23 heavy (non-hydrogen) atoms. The summed E-state index contributed by atoms with van der Waals surface area (Å²) in [6.45, 7) is 2.25. The van der Waals surface area contributed by atoms with Crippen molar-refractivity contribution in [3.05, 3.63) is 47.2 Å². The Morgan fingerprint density at radius 3 is 3.17 bits per heavy atom. The van der Waals surface area contributed by atoms with Crippen LogP contribution in [-0.4, -0.2) is 34.1 Å². The first-order valence-corrected chi connectivity index (χ1v) is 8.41. The number of hydrogen-bond donors (Lipinski definition) is 2. The summed E-state index contributed by atoms with van der Waals surface area (Å²) in [7, 11) is 0. The average molecular weight is 351 g/mol. The molecule has 7 heteroatoms. The number of nitrogens with zero attached hydrogens (tertiary/aromatic N) is 2. The van der Waals surface area contributed by atoms with Crippen molar-refractivity contribution in [2.75, 3.05) is 18.5 Å². The van der Waals surface area contributed by atoms with Crippen LogP contribution in [0.25, 0.3) is 0 Å². The first kappa shape index (κ1) is 16.2. The van der Waals surface area contributed by atoms with Gasteiger partial charge in [0.05, 0.1) is 24.5 Å². The maximum absolute atomic E-state index is 6.00. The Hall–Kier alpha value is -1.63. The minimum absolute atomic E-state index is 0.264. The van der Waals surface area contributed by atoms with E-state index in [2.05, 4.69) is 15.7 Å². The highest BCUT2D eigenvalue weighted by Gasteiger charge is 2.15. The number of aromatic nitrogens is 2. The van der Waals surface area contributed by atoms with E-state index in [1.165, 1.54) is 0 Å². The molecule has 0 amide bonds. The molecule has 0 saturated carbocycles. The highest BCUT2D eigenvalue weighted by Crippen LogP contribution is 2.13. The number of anilines is 1. The molecule has 1 aromatic heterocycles. The van der Waals surface area contributed by atoms with Gasteiger partial charge in [-0.3, -0.25) is 4.68 Å². The zero-order valence-electron chi connectivity index (χ0n) is 12.7. The van der Waals surface area contributed by atoms with Crippen molar-refractivity contribution in [3.63, 3.8) is 0 Å². The lowest BCUT2D eigenvalue weighted by Crippen LogP contribution is -2.34. The first-order chi connectivity index (χ1) is 11.2. The highest BCUT2D eigenvalue weighted by molar-refractivity contribution is 7.80. The predicted molar refractivity (Wildman–Crippen MR) is 96.0 cm³/mol. The fraction of sp³-hybridized carbons (Fsp3) is 0.375. The van der Waals surface area contributed by atoms with Crippen molar-refractivity contribution in [2.45, 2.75) is 25.5 Å². The van der Waals surface area contributed by atoms with Crippen molar-refractivity contribution in [2.24, 2.45) is 0 Å². The van der Waals surface area contributed by atoms with Crippen LogP contribution in [0.2, 0.25) is 5.02 Å². The van der Waals surface area contributed by atoms with E-state index in [0.717, 1.165) is 42.3 Å². The molecule has 1 aliphatic heterocycles. The molecule has 1 saturated heterocycles. The Morgan fingerprint density at radius 2 is 2.39 bits per heavy atom. The molecule has 1 atom stereocenters. The van der Waals surface area contributed by atoms with Crippen LogP contribution < -0.4 is 10.6 Å². The number of hydrogen-bond acceptors (Lipinski definition) is 3. The topological polar surface area (TPSA) is 51.1 Å². The van der Waals surface area contributed by atoms with E-state index in [-0.39, 0.29) is 6.10 Å². The Kier molecular flexibility index (Phi) is 5.48. The molecule has 2 heterocycles. The molecule has 0 radical (unpaired) electrons. The number of ether oxygens (including phenoxy) is 1. The Bertz CT molecular complexity index is 670. The van der Waals surface area contributed by atoms with E-state index in [4.69, 9.17) is 28.6 Å². The predicted octanol–water partition coefficient (Wildman–Crippen LogP) is 3.05. The molecule has 0 bridgehead atoms. The summed E-state index contributed by atoms with van der Waals surface area (Å²) in [5.41, 5.74) is 1.96. The first-order valence-electron chi connectivity index (χ1n) is 7.62. The molecule has 122 valence electrons. The van der Waals surface area contributed by atoms with Gasteiger partial charge in [0, 0.05) is 24.4 Å². The molecule has 1 aromatic carbocycles. The lowest BCUT2D eigenvalue weighted by atomic mass is 10.2. The van der Waals surface area contributed by atoms with E-state index in [1.54, 1.807) is 6.20 Å². The lowest BCUT2D eigenvalue weighted by molar-refractivity contribution is 0.114. The fourth-order valence-corrected chi connectivity index (χ4v) is 2.94. The van der Waals surface area contributed by atoms with Gasteiger partial charge in [0.15, 0.2) is 5.11 Å². The highest BCUT2D eigenvalue weighted by atomic mass is 35.5. The molecule has 3 rings (SSSR count). The summed E-state index contributed by atoms with van der Waals surface area (Å²) in [6, 6.07) is 7.75. The quantitative estimate of drug-likeness (QED) is 0.812. The number of rotatable bonds is 5. The second-order valence-electron chi connectivity index (χ2n) is 5.53. The molecule has 2 N–H and O–H groups in total. The summed E-state index contributed by atoms with van der Waals surface area (Å²) < 4.78 is 7.40. The third-order valence-electron chi connectivity index (χ3n) is 3.64. The molecule has 1 aliphatic rings. The summed E-state index contributed by atoms with van der Waals surface area (Å²) in [5.74, 6) is 0. The number of benzene rings is 1. The van der Waals surface area contributed by atoms with E-state index in [0.29, 0.717) is 11.7 Å². The molecule has 0 spiro atoms. The molecular weight excluding hydrogens is 332 g/mol. The van der Waals surface area contributed by atoms with Crippen molar-refractivity contribution in [1.29, 1.82) is 0 Å². The summed E-state index contributed by atoms with van der Waals surface area (Å²) >= 11 is 11.3. The molecule has 5 nitrogen and oxygen atoms in total. The van der Waals surface area contributed by atoms with Crippen LogP contribution in [0.3, 0.4) is 0 Å². The third-order valence-corrected chi connectivity index (χ3v) is 4.12. The molecule has 1 unspecified atom stereocenters. The number of halogens is 1. The molecular formula is C16H19ClN4OS. The van der Waals surface area contributed by atoms with Gasteiger partial charge in [0.1, 0.15) is 0 Å². The minimum atomic E-state index is 0.264. The standard InChI is InChI=1S/C16H19ClN4OS/c17-13-4-1-3-12(7-13)10-21-11-14(8-19-21)20-16(23)18-9-15-5-2-6-22-15/h1,3-4,7-8,11,15H,2,5-6,9-10H2,(H2,18,20,23). The van der Waals surface area contributed by atoms with E-state index >= 15 is 0 Å². The summed E-state index contributed by atoms with van der Waals surface area (Å²) in [5, 5.41) is 12.0. The Balaban J connectivity index is 1.49. The fourth-order valence-electron chi connectivity index (χ4n) is 2.52. The second-order valence-corrected chi connectivity index (χ2v) is 6.37. The van der Waals surface area contributed by atoms with Crippen molar-refractivity contribution in [1.82, 2.24) is 15.1 Å². The van der Waals surface area contributed by atoms with Crippen molar-refractivity contribution in [3.8, 4) is 0 Å². The van der Waals surface area contributed by atoms with Gasteiger partial charge in [0.25, 0.3) is 0 Å². The van der Waals surface area contributed by atoms with Crippen LogP contribution in [-0.2, 0) is 11.3 Å². The normalized spacial score (nSPS) is 17.2. The smallest absolute Gasteiger partial charge is 0.170 e. The average Bonchev–Trinajstić information content (AvgIpc) is 3.17. The van der Waals surface area contributed by atoms with Crippen LogP contribution in [0.5, 0.6) is 0 Å². The molecule has 1 fully saturated rings. The van der Waals surface area contributed by atoms with Gasteiger partial charge >= 0.3 is 0 Å². The van der Waals surface area contributed by atoms with Crippen LogP contribution in [0.1, 0.15) is 18.4 Å². The number of nitrogens with one attached hydrogen (secondary N) is 2. The van der Waals surface area contributed by atoms with Gasteiger partial charge in [-0.15, -0.1) is 0 Å². The van der Waals surface area contributed by atoms with Crippen LogP contribution >= 0.6 is 23.8 Å². The van der Waals surface area contributed by atoms with Crippen LogP contribution in [0.4, 0.5) is 5.69 Å². The van der Waals surface area contributed by atoms with Gasteiger partial charge in [-0.1, -0.05) is 23.7 Å². The van der Waals surface area contributed by atoms with Gasteiger partial charge in [-0.25, -0.2) is 0 Å². The number of thiocarbonyl (C=S) groups is 1. The minimum Gasteiger partial charge on any atom is -0.376 e. The van der Waals surface area contributed by atoms with E-state index in [1.807, 2.05) is 35.1 Å². The summed E-state index contributed by atoms with van der Waals surface area (Å²) in [6.07, 6.45) is 6.15. The van der Waals surface area contributed by atoms with Gasteiger partial charge in [-0.05, 0) is 42.8 Å². The lowest BCUT2D eigenvalue weighted by Gasteiger charge is -2.13. The SMILES string of the molecule is S=C(NCC1CCCO1)Nc1cnn(Cc2cccc(Cl)c2)c1. The van der Waals surface area contributed by atoms with Gasteiger partial charge in [-0.2, -0.15) is 5.10 Å². The monoisotopic (exact) mass is 350 g/mol. The third kappa shape index (κ3) is 4.92. The van der Waals surface area contributed by atoms with Crippen LogP contribution in [0.15, 0.2) is 36.7 Å². The largest absolute Gasteiger partial charge is 0.376 e. The maximum atomic E-state index is 6.00.